The summed E-state index contributed by atoms with van der Waals surface area (Å²) in [6.07, 6.45) is 1.61. The van der Waals surface area contributed by atoms with Gasteiger partial charge in [0, 0.05) is 38.5 Å². The van der Waals surface area contributed by atoms with Gasteiger partial charge in [0.2, 0.25) is 0 Å². The maximum atomic E-state index is 12.4. The zero-order chi connectivity index (χ0) is 17.1. The molecule has 130 valence electrons. The number of piperazine rings is 1. The monoisotopic (exact) mass is 347 g/mol. The Morgan fingerprint density at radius 1 is 1.21 bits per heavy atom. The van der Waals surface area contributed by atoms with E-state index in [1.54, 1.807) is 0 Å². The fourth-order valence-electron chi connectivity index (χ4n) is 3.25. The van der Waals surface area contributed by atoms with Gasteiger partial charge in [-0.1, -0.05) is 17.7 Å². The second-order valence-electron chi connectivity index (χ2n) is 6.56. The summed E-state index contributed by atoms with van der Waals surface area (Å²) in [5.74, 6) is 0.139. The van der Waals surface area contributed by atoms with Gasteiger partial charge in [0.15, 0.2) is 5.11 Å². The number of anilines is 1. The quantitative estimate of drug-likeness (QED) is 0.832. The van der Waals surface area contributed by atoms with Crippen LogP contribution in [0.4, 0.5) is 5.69 Å². The van der Waals surface area contributed by atoms with Crippen LogP contribution in [0, 0.1) is 13.8 Å². The molecule has 1 N–H and O–H groups in total. The maximum absolute atomic E-state index is 12.4. The van der Waals surface area contributed by atoms with Gasteiger partial charge in [-0.2, -0.15) is 0 Å². The first kappa shape index (κ1) is 17.2. The average molecular weight is 347 g/mol. The number of carbonyl (C=O) groups excluding carboxylic acids is 1. The first-order valence-electron chi connectivity index (χ1n) is 8.58. The number of hydrogen-bond acceptors (Lipinski definition) is 3. The van der Waals surface area contributed by atoms with E-state index in [4.69, 9.17) is 17.0 Å². The molecule has 2 fully saturated rings. The number of hydrogen-bond donors (Lipinski definition) is 1. The smallest absolute Gasteiger partial charge is 0.251 e. The summed E-state index contributed by atoms with van der Waals surface area (Å²) in [5, 5.41) is 4.06. The highest BCUT2D eigenvalue weighted by Gasteiger charge is 2.30. The molecule has 6 heteroatoms. The Kier molecular flexibility index (Phi) is 5.36. The molecule has 0 unspecified atom stereocenters. The van der Waals surface area contributed by atoms with E-state index in [9.17, 15) is 4.79 Å². The molecule has 5 nitrogen and oxygen atoms in total. The molecule has 1 atom stereocenters. The van der Waals surface area contributed by atoms with Crippen molar-refractivity contribution in [1.82, 2.24) is 9.80 Å². The third kappa shape index (κ3) is 3.87. The molecular weight excluding hydrogens is 322 g/mol. The highest BCUT2D eigenvalue weighted by molar-refractivity contribution is 7.80. The molecule has 2 aliphatic heterocycles. The molecule has 1 aromatic rings. The van der Waals surface area contributed by atoms with Gasteiger partial charge in [0.05, 0.1) is 0 Å². The van der Waals surface area contributed by atoms with Crippen LogP contribution >= 0.6 is 12.2 Å². The van der Waals surface area contributed by atoms with Crippen LogP contribution in [0.3, 0.4) is 0 Å². The van der Waals surface area contributed by atoms with Crippen LogP contribution in [0.2, 0.25) is 0 Å². The van der Waals surface area contributed by atoms with Gasteiger partial charge >= 0.3 is 0 Å². The maximum Gasteiger partial charge on any atom is 0.251 e. The van der Waals surface area contributed by atoms with E-state index in [0.717, 1.165) is 36.7 Å². The number of nitrogens with zero attached hydrogens (tertiary/aromatic N) is 2. The fourth-order valence-corrected chi connectivity index (χ4v) is 3.55. The largest absolute Gasteiger partial charge is 0.368 e. The minimum Gasteiger partial charge on any atom is -0.368 e. The van der Waals surface area contributed by atoms with Gasteiger partial charge in [-0.05, 0) is 50.5 Å². The lowest BCUT2D eigenvalue weighted by Gasteiger charge is -2.37. The van der Waals surface area contributed by atoms with Crippen molar-refractivity contribution in [2.75, 3.05) is 38.1 Å². The second kappa shape index (κ2) is 7.49. The number of ether oxygens (including phenoxy) is 1. The van der Waals surface area contributed by atoms with Gasteiger partial charge in [0.1, 0.15) is 6.10 Å². The molecule has 2 aliphatic rings. The van der Waals surface area contributed by atoms with Gasteiger partial charge in [-0.15, -0.1) is 0 Å². The van der Waals surface area contributed by atoms with Gasteiger partial charge in [0.25, 0.3) is 5.91 Å². The Morgan fingerprint density at radius 2 is 1.92 bits per heavy atom. The molecular formula is C18H25N3O2S. The topological polar surface area (TPSA) is 44.8 Å². The standard InChI is InChI=1S/C18H25N3O2S/c1-13-5-6-15(14(2)12-13)19-18(24)21-9-7-20(8-10-21)17(22)16-4-3-11-23-16/h5-6,12,16H,3-4,7-11H2,1-2H3,(H,19,24)/t16-/m1/s1. The Morgan fingerprint density at radius 3 is 2.54 bits per heavy atom. The third-order valence-corrected chi connectivity index (χ3v) is 5.07. The van der Waals surface area contributed by atoms with Crippen LogP contribution in [0.1, 0.15) is 24.0 Å². The SMILES string of the molecule is Cc1ccc(NC(=S)N2CCN(C(=O)[C@H]3CCCO3)CC2)c(C)c1. The van der Waals surface area contributed by atoms with E-state index in [-0.39, 0.29) is 12.0 Å². The molecule has 0 radical (unpaired) electrons. The van der Waals surface area contributed by atoms with Crippen molar-refractivity contribution in [1.29, 1.82) is 0 Å². The van der Waals surface area contributed by atoms with Crippen molar-refractivity contribution in [2.24, 2.45) is 0 Å². The number of benzene rings is 1. The summed E-state index contributed by atoms with van der Waals surface area (Å²) in [4.78, 5) is 16.4. The van der Waals surface area contributed by atoms with E-state index < -0.39 is 0 Å². The lowest BCUT2D eigenvalue weighted by Crippen LogP contribution is -2.53. The van der Waals surface area contributed by atoms with Crippen molar-refractivity contribution in [3.8, 4) is 0 Å². The predicted octanol–water partition coefficient (Wildman–Crippen LogP) is 2.32. The summed E-state index contributed by atoms with van der Waals surface area (Å²) in [5.41, 5.74) is 3.47. The number of carbonyl (C=O) groups is 1. The van der Waals surface area contributed by atoms with E-state index in [1.807, 2.05) is 4.90 Å². The molecule has 24 heavy (non-hydrogen) atoms. The number of thiocarbonyl (C=S) groups is 1. The van der Waals surface area contributed by atoms with Crippen LogP contribution in [0.15, 0.2) is 18.2 Å². The van der Waals surface area contributed by atoms with E-state index in [0.29, 0.717) is 19.7 Å². The van der Waals surface area contributed by atoms with Crippen LogP contribution in [-0.4, -0.2) is 59.7 Å². The van der Waals surface area contributed by atoms with Crippen LogP contribution in [-0.2, 0) is 9.53 Å². The first-order chi connectivity index (χ1) is 11.5. The number of nitrogens with one attached hydrogen (secondary N) is 1. The predicted molar refractivity (Wildman–Crippen MR) is 99.3 cm³/mol. The summed E-state index contributed by atoms with van der Waals surface area (Å²) < 4.78 is 5.50. The fraction of sp³-hybridized carbons (Fsp3) is 0.556. The Bertz CT molecular complexity index is 621. The van der Waals surface area contributed by atoms with Crippen LogP contribution < -0.4 is 5.32 Å². The van der Waals surface area contributed by atoms with E-state index in [2.05, 4.69) is 42.3 Å². The second-order valence-corrected chi connectivity index (χ2v) is 6.95. The number of aryl methyl sites for hydroxylation is 2. The molecule has 0 saturated carbocycles. The van der Waals surface area contributed by atoms with E-state index in [1.165, 1.54) is 11.1 Å². The van der Waals surface area contributed by atoms with Crippen molar-refractivity contribution in [2.45, 2.75) is 32.8 Å². The molecule has 0 bridgehead atoms. The number of amides is 1. The van der Waals surface area contributed by atoms with Crippen molar-refractivity contribution < 1.29 is 9.53 Å². The van der Waals surface area contributed by atoms with Crippen LogP contribution in [0.5, 0.6) is 0 Å². The number of rotatable bonds is 2. The molecule has 2 heterocycles. The van der Waals surface area contributed by atoms with Crippen molar-refractivity contribution >= 4 is 28.9 Å². The lowest BCUT2D eigenvalue weighted by molar-refractivity contribution is -0.142. The van der Waals surface area contributed by atoms with Gasteiger partial charge in [-0.25, -0.2) is 0 Å². The van der Waals surface area contributed by atoms with Gasteiger partial charge < -0.3 is 19.9 Å². The molecule has 2 saturated heterocycles. The summed E-state index contributed by atoms with van der Waals surface area (Å²) in [6, 6.07) is 6.29. The zero-order valence-electron chi connectivity index (χ0n) is 14.4. The molecule has 1 amide bonds. The summed E-state index contributed by atoms with van der Waals surface area (Å²) in [7, 11) is 0. The first-order valence-corrected chi connectivity index (χ1v) is 8.99. The molecule has 3 rings (SSSR count). The van der Waals surface area contributed by atoms with Crippen molar-refractivity contribution in [3.05, 3.63) is 29.3 Å². The Balaban J connectivity index is 1.52. The highest BCUT2D eigenvalue weighted by atomic mass is 32.1. The molecule has 0 aliphatic carbocycles. The van der Waals surface area contributed by atoms with Gasteiger partial charge in [-0.3, -0.25) is 4.79 Å². The Labute approximate surface area is 149 Å². The molecule has 0 spiro atoms. The third-order valence-electron chi connectivity index (χ3n) is 4.71. The summed E-state index contributed by atoms with van der Waals surface area (Å²) >= 11 is 5.55. The zero-order valence-corrected chi connectivity index (χ0v) is 15.2. The van der Waals surface area contributed by atoms with Crippen molar-refractivity contribution in [3.63, 3.8) is 0 Å². The van der Waals surface area contributed by atoms with Crippen LogP contribution in [0.25, 0.3) is 0 Å². The molecule has 1 aromatic carbocycles. The minimum atomic E-state index is -0.225. The minimum absolute atomic E-state index is 0.139. The highest BCUT2D eigenvalue weighted by Crippen LogP contribution is 2.18. The van der Waals surface area contributed by atoms with E-state index >= 15 is 0 Å². The summed E-state index contributed by atoms with van der Waals surface area (Å²) in [6.45, 7) is 7.79. The lowest BCUT2D eigenvalue weighted by atomic mass is 10.1. The molecule has 0 aromatic heterocycles. The average Bonchev–Trinajstić information content (AvgIpc) is 3.11. The normalized spacial score (nSPS) is 21.0. The Hall–Kier alpha value is -1.66.